The van der Waals surface area contributed by atoms with Gasteiger partial charge in [0.15, 0.2) is 0 Å². The van der Waals surface area contributed by atoms with Crippen LogP contribution >= 0.6 is 11.3 Å². The molecule has 7 nitrogen and oxygen atoms in total. The molecule has 112 valence electrons. The monoisotopic (exact) mass is 308 g/mol. The summed E-state index contributed by atoms with van der Waals surface area (Å²) in [5.74, 6) is -0.987. The molecule has 0 aromatic carbocycles. The van der Waals surface area contributed by atoms with Crippen molar-refractivity contribution in [2.75, 3.05) is 12.4 Å². The first-order valence-electron chi connectivity index (χ1n) is 6.29. The fourth-order valence-corrected chi connectivity index (χ4v) is 2.59. The van der Waals surface area contributed by atoms with Gasteiger partial charge in [-0.3, -0.25) is 9.48 Å². The van der Waals surface area contributed by atoms with E-state index >= 15 is 0 Å². The number of carbonyl (C=O) groups excluding carboxylic acids is 1. The Morgan fingerprint density at radius 3 is 2.95 bits per heavy atom. The second-order valence-corrected chi connectivity index (χ2v) is 5.53. The number of aromatic nitrogens is 2. The number of thiophene rings is 1. The molecule has 0 aliphatic rings. The highest BCUT2D eigenvalue weighted by Crippen LogP contribution is 2.23. The van der Waals surface area contributed by atoms with E-state index in [0.29, 0.717) is 5.69 Å². The third-order valence-electron chi connectivity index (χ3n) is 3.04. The van der Waals surface area contributed by atoms with E-state index in [1.165, 1.54) is 17.1 Å². The lowest BCUT2D eigenvalue weighted by Crippen LogP contribution is -2.33. The Hall–Kier alpha value is -2.35. The van der Waals surface area contributed by atoms with E-state index in [2.05, 4.69) is 10.4 Å². The first-order chi connectivity index (χ1) is 9.97. The number of urea groups is 1. The Balaban J connectivity index is 1.97. The van der Waals surface area contributed by atoms with Crippen LogP contribution in [-0.2, 0) is 11.3 Å². The third-order valence-corrected chi connectivity index (χ3v) is 4.08. The van der Waals surface area contributed by atoms with Crippen LogP contribution < -0.4 is 5.32 Å². The molecule has 0 saturated heterocycles. The molecule has 21 heavy (non-hydrogen) atoms. The summed E-state index contributed by atoms with van der Waals surface area (Å²) in [6.07, 6.45) is 2.90. The minimum atomic E-state index is -0.987. The normalized spacial score (nSPS) is 11.9. The van der Waals surface area contributed by atoms with Crippen molar-refractivity contribution < 1.29 is 14.7 Å². The molecule has 0 fully saturated rings. The lowest BCUT2D eigenvalue weighted by molar-refractivity contribution is -0.137. The number of aliphatic carboxylic acids is 1. The van der Waals surface area contributed by atoms with Gasteiger partial charge in [0.05, 0.1) is 17.9 Å². The molecule has 2 aromatic rings. The van der Waals surface area contributed by atoms with Gasteiger partial charge < -0.3 is 15.3 Å². The predicted molar refractivity (Wildman–Crippen MR) is 79.4 cm³/mol. The molecule has 8 heteroatoms. The summed E-state index contributed by atoms with van der Waals surface area (Å²) in [7, 11) is 1.71. The van der Waals surface area contributed by atoms with Gasteiger partial charge in [-0.1, -0.05) is 6.07 Å². The zero-order valence-electron chi connectivity index (χ0n) is 11.7. The molecule has 0 radical (unpaired) electrons. The van der Waals surface area contributed by atoms with Gasteiger partial charge in [0, 0.05) is 18.1 Å². The van der Waals surface area contributed by atoms with E-state index in [4.69, 9.17) is 5.11 Å². The van der Waals surface area contributed by atoms with Crippen molar-refractivity contribution in [3.05, 3.63) is 34.8 Å². The Bertz CT molecular complexity index is 623. The van der Waals surface area contributed by atoms with E-state index in [0.717, 1.165) is 4.88 Å². The molecule has 2 heterocycles. The number of nitrogens with one attached hydrogen (secondary N) is 1. The van der Waals surface area contributed by atoms with Gasteiger partial charge in [-0.2, -0.15) is 5.10 Å². The van der Waals surface area contributed by atoms with Crippen LogP contribution in [0.5, 0.6) is 0 Å². The van der Waals surface area contributed by atoms with Gasteiger partial charge in [0.25, 0.3) is 0 Å². The van der Waals surface area contributed by atoms with Gasteiger partial charge in [-0.25, -0.2) is 4.79 Å². The highest BCUT2D eigenvalue weighted by molar-refractivity contribution is 7.10. The maximum absolute atomic E-state index is 12.1. The van der Waals surface area contributed by atoms with Crippen LogP contribution in [-0.4, -0.2) is 38.8 Å². The summed E-state index contributed by atoms with van der Waals surface area (Å²) in [5.41, 5.74) is 0.464. The Morgan fingerprint density at radius 1 is 1.57 bits per heavy atom. The number of anilines is 1. The van der Waals surface area contributed by atoms with E-state index in [-0.39, 0.29) is 18.6 Å². The highest BCUT2D eigenvalue weighted by Gasteiger charge is 2.18. The summed E-state index contributed by atoms with van der Waals surface area (Å²) in [6.45, 7) is 1.70. The van der Waals surface area contributed by atoms with Gasteiger partial charge in [0.2, 0.25) is 0 Å². The van der Waals surface area contributed by atoms with Gasteiger partial charge >= 0.3 is 12.0 Å². The number of carboxylic acid groups (broad SMARTS) is 1. The number of carboxylic acids is 1. The Kier molecular flexibility index (Phi) is 4.59. The molecule has 2 amide bonds. The van der Waals surface area contributed by atoms with Crippen LogP contribution in [0.1, 0.15) is 17.8 Å². The SMILES string of the molecule is CC(c1cccs1)N(C)C(=O)Nc1cnn(CC(=O)O)c1. The van der Waals surface area contributed by atoms with Crippen molar-refractivity contribution in [1.29, 1.82) is 0 Å². The van der Waals surface area contributed by atoms with Crippen LogP contribution in [0.3, 0.4) is 0 Å². The van der Waals surface area contributed by atoms with Crippen molar-refractivity contribution >= 4 is 29.0 Å². The van der Waals surface area contributed by atoms with Crippen molar-refractivity contribution in [2.24, 2.45) is 0 Å². The Labute approximate surface area is 125 Å². The molecule has 2 aromatic heterocycles. The number of rotatable bonds is 5. The summed E-state index contributed by atoms with van der Waals surface area (Å²) in [5, 5.41) is 17.2. The summed E-state index contributed by atoms with van der Waals surface area (Å²) < 4.78 is 1.25. The van der Waals surface area contributed by atoms with Crippen molar-refractivity contribution in [3.8, 4) is 0 Å². The van der Waals surface area contributed by atoms with E-state index < -0.39 is 5.97 Å². The number of amides is 2. The molecule has 0 saturated carbocycles. The zero-order chi connectivity index (χ0) is 15.4. The summed E-state index contributed by atoms with van der Waals surface area (Å²) >= 11 is 1.59. The summed E-state index contributed by atoms with van der Waals surface area (Å²) in [4.78, 5) is 25.4. The van der Waals surface area contributed by atoms with Crippen molar-refractivity contribution in [1.82, 2.24) is 14.7 Å². The fraction of sp³-hybridized carbons (Fsp3) is 0.308. The smallest absolute Gasteiger partial charge is 0.325 e. The van der Waals surface area contributed by atoms with Crippen LogP contribution in [0.25, 0.3) is 0 Å². The van der Waals surface area contributed by atoms with Crippen LogP contribution in [0.4, 0.5) is 10.5 Å². The molecular formula is C13H16N4O3S. The molecule has 1 atom stereocenters. The maximum Gasteiger partial charge on any atom is 0.325 e. The molecule has 1 unspecified atom stereocenters. The molecule has 0 bridgehead atoms. The Morgan fingerprint density at radius 2 is 2.33 bits per heavy atom. The molecule has 2 N–H and O–H groups in total. The largest absolute Gasteiger partial charge is 0.480 e. The van der Waals surface area contributed by atoms with E-state index in [1.807, 2.05) is 24.4 Å². The lowest BCUT2D eigenvalue weighted by atomic mass is 10.2. The minimum absolute atomic E-state index is 0.0425. The number of nitrogens with zero attached hydrogens (tertiary/aromatic N) is 3. The molecule has 0 spiro atoms. The zero-order valence-corrected chi connectivity index (χ0v) is 12.5. The predicted octanol–water partition coefficient (Wildman–Crippen LogP) is 2.25. The molecular weight excluding hydrogens is 292 g/mol. The van der Waals surface area contributed by atoms with Crippen LogP contribution in [0.15, 0.2) is 29.9 Å². The van der Waals surface area contributed by atoms with Gasteiger partial charge in [-0.15, -0.1) is 11.3 Å². The molecule has 2 rings (SSSR count). The number of carbonyl (C=O) groups is 2. The van der Waals surface area contributed by atoms with Crippen molar-refractivity contribution in [3.63, 3.8) is 0 Å². The van der Waals surface area contributed by atoms with Gasteiger partial charge in [-0.05, 0) is 18.4 Å². The molecule has 0 aliphatic carbocycles. The average Bonchev–Trinajstić information content (AvgIpc) is 3.08. The first-order valence-corrected chi connectivity index (χ1v) is 7.17. The van der Waals surface area contributed by atoms with Crippen LogP contribution in [0.2, 0.25) is 0 Å². The van der Waals surface area contributed by atoms with Crippen LogP contribution in [0, 0.1) is 0 Å². The maximum atomic E-state index is 12.1. The van der Waals surface area contributed by atoms with Crippen molar-refractivity contribution in [2.45, 2.75) is 19.5 Å². The molecule has 0 aliphatic heterocycles. The minimum Gasteiger partial charge on any atom is -0.480 e. The first kappa shape index (κ1) is 15.0. The number of hydrogen-bond donors (Lipinski definition) is 2. The standard InChI is InChI=1S/C13H16N4O3S/c1-9(11-4-3-5-21-11)16(2)13(20)15-10-6-14-17(7-10)8-12(18)19/h3-7,9H,8H2,1-2H3,(H,15,20)(H,18,19). The average molecular weight is 308 g/mol. The van der Waals surface area contributed by atoms with E-state index in [1.54, 1.807) is 23.3 Å². The second kappa shape index (κ2) is 6.40. The number of hydrogen-bond acceptors (Lipinski definition) is 4. The summed E-state index contributed by atoms with van der Waals surface area (Å²) in [6, 6.07) is 3.60. The topological polar surface area (TPSA) is 87.5 Å². The van der Waals surface area contributed by atoms with E-state index in [9.17, 15) is 9.59 Å². The second-order valence-electron chi connectivity index (χ2n) is 4.55. The third kappa shape index (κ3) is 3.82. The highest BCUT2D eigenvalue weighted by atomic mass is 32.1. The fourth-order valence-electron chi connectivity index (χ4n) is 1.76. The lowest BCUT2D eigenvalue weighted by Gasteiger charge is -2.24. The van der Waals surface area contributed by atoms with Gasteiger partial charge in [0.1, 0.15) is 6.54 Å². The quantitative estimate of drug-likeness (QED) is 0.887.